The second-order valence-electron chi connectivity index (χ2n) is 5.28. The zero-order valence-corrected chi connectivity index (χ0v) is 12.4. The first kappa shape index (κ1) is 13.5. The van der Waals surface area contributed by atoms with Crippen molar-refractivity contribution in [3.05, 3.63) is 34.1 Å². The fraction of sp³-hybridized carbons (Fsp3) is 0.571. The summed E-state index contributed by atoms with van der Waals surface area (Å²) in [7, 11) is 0. The van der Waals surface area contributed by atoms with Gasteiger partial charge in [-0.3, -0.25) is 10.2 Å². The number of nitrogens with one attached hydrogen (secondary N) is 1. The van der Waals surface area contributed by atoms with E-state index in [1.807, 2.05) is 12.1 Å². The van der Waals surface area contributed by atoms with E-state index in [2.05, 4.69) is 26.1 Å². The molecule has 1 aromatic carbocycles. The van der Waals surface area contributed by atoms with Gasteiger partial charge in [0.05, 0.1) is 6.61 Å². The number of ether oxygens (including phenoxy) is 1. The second kappa shape index (κ2) is 5.48. The zero-order chi connectivity index (χ0) is 13.3. The van der Waals surface area contributed by atoms with Gasteiger partial charge in [-0.15, -0.1) is 0 Å². The minimum absolute atomic E-state index is 0.102. The smallest absolute Gasteiger partial charge is 0.128 e. The third-order valence-electron chi connectivity index (χ3n) is 4.00. The van der Waals surface area contributed by atoms with Crippen LogP contribution in [0.3, 0.4) is 0 Å². The van der Waals surface area contributed by atoms with Crippen molar-refractivity contribution in [2.45, 2.75) is 25.1 Å². The van der Waals surface area contributed by atoms with E-state index in [1.54, 1.807) is 0 Å². The molecule has 1 aromatic rings. The van der Waals surface area contributed by atoms with Crippen LogP contribution in [0.5, 0.6) is 0 Å². The topological polar surface area (TPSA) is 24.5 Å². The van der Waals surface area contributed by atoms with Crippen LogP contribution in [0.4, 0.5) is 4.39 Å². The van der Waals surface area contributed by atoms with Crippen LogP contribution in [0.1, 0.15) is 18.4 Å². The van der Waals surface area contributed by atoms with Crippen LogP contribution in [0, 0.1) is 5.82 Å². The van der Waals surface area contributed by atoms with E-state index in [1.165, 1.54) is 6.07 Å². The molecule has 0 saturated carbocycles. The lowest BCUT2D eigenvalue weighted by Gasteiger charge is -2.38. The molecule has 0 aliphatic carbocycles. The van der Waals surface area contributed by atoms with Crippen molar-refractivity contribution in [1.82, 2.24) is 10.2 Å². The molecule has 1 spiro atoms. The Balaban J connectivity index is 1.60. The average molecular weight is 329 g/mol. The van der Waals surface area contributed by atoms with Gasteiger partial charge < -0.3 is 4.74 Å². The van der Waals surface area contributed by atoms with Crippen LogP contribution in [0.2, 0.25) is 0 Å². The number of piperidine rings is 1. The molecule has 3 rings (SSSR count). The number of likely N-dealkylation sites (tertiary alicyclic amines) is 1. The maximum absolute atomic E-state index is 13.8. The lowest BCUT2D eigenvalue weighted by Crippen LogP contribution is -2.50. The molecule has 104 valence electrons. The first-order valence-electron chi connectivity index (χ1n) is 6.72. The fourth-order valence-electron chi connectivity index (χ4n) is 2.86. The Hall–Kier alpha value is -0.490. The molecule has 0 radical (unpaired) electrons. The summed E-state index contributed by atoms with van der Waals surface area (Å²) >= 11 is 3.28. The maximum Gasteiger partial charge on any atom is 0.128 e. The monoisotopic (exact) mass is 328 g/mol. The largest absolute Gasteiger partial charge is 0.359 e. The molecular formula is C14H18BrFN2O. The quantitative estimate of drug-likeness (QED) is 0.902. The number of hydrogen-bond acceptors (Lipinski definition) is 3. The highest BCUT2D eigenvalue weighted by Gasteiger charge is 2.37. The minimum atomic E-state index is -0.134. The highest BCUT2D eigenvalue weighted by molar-refractivity contribution is 9.10. The lowest BCUT2D eigenvalue weighted by molar-refractivity contribution is -0.0578. The molecule has 0 amide bonds. The number of benzene rings is 1. The van der Waals surface area contributed by atoms with E-state index in [9.17, 15) is 4.39 Å². The molecule has 2 heterocycles. The van der Waals surface area contributed by atoms with E-state index in [-0.39, 0.29) is 11.5 Å². The number of rotatable bonds is 2. The van der Waals surface area contributed by atoms with Gasteiger partial charge in [0.1, 0.15) is 11.5 Å². The predicted molar refractivity (Wildman–Crippen MR) is 75.3 cm³/mol. The van der Waals surface area contributed by atoms with Crippen molar-refractivity contribution < 1.29 is 9.13 Å². The highest BCUT2D eigenvalue weighted by Crippen LogP contribution is 2.27. The summed E-state index contributed by atoms with van der Waals surface area (Å²) in [6.45, 7) is 4.32. The van der Waals surface area contributed by atoms with Crippen molar-refractivity contribution in [3.8, 4) is 0 Å². The van der Waals surface area contributed by atoms with Gasteiger partial charge in [-0.1, -0.05) is 22.0 Å². The number of hydrogen-bond donors (Lipinski definition) is 1. The molecule has 19 heavy (non-hydrogen) atoms. The Morgan fingerprint density at radius 3 is 2.79 bits per heavy atom. The van der Waals surface area contributed by atoms with Crippen molar-refractivity contribution in [1.29, 1.82) is 0 Å². The maximum atomic E-state index is 13.8. The van der Waals surface area contributed by atoms with Crippen LogP contribution in [-0.2, 0) is 11.3 Å². The van der Waals surface area contributed by atoms with Gasteiger partial charge in [-0.05, 0) is 12.1 Å². The Kier molecular flexibility index (Phi) is 3.89. The average Bonchev–Trinajstić information content (AvgIpc) is 2.84. The number of nitrogens with zero attached hydrogens (tertiary/aromatic N) is 1. The van der Waals surface area contributed by atoms with Gasteiger partial charge in [0.25, 0.3) is 0 Å². The molecule has 2 aliphatic rings. The van der Waals surface area contributed by atoms with Gasteiger partial charge in [0.2, 0.25) is 0 Å². The zero-order valence-electron chi connectivity index (χ0n) is 10.8. The van der Waals surface area contributed by atoms with Crippen molar-refractivity contribution in [2.24, 2.45) is 0 Å². The fourth-order valence-corrected chi connectivity index (χ4v) is 3.19. The van der Waals surface area contributed by atoms with Crippen LogP contribution in [0.15, 0.2) is 22.7 Å². The standard InChI is InChI=1S/C14H18BrFN2O/c15-12-2-1-11(13(16)9-12)10-18-6-3-14(4-7-18)17-5-8-19-14/h1-2,9,17H,3-8,10H2. The van der Waals surface area contributed by atoms with Crippen molar-refractivity contribution in [2.75, 3.05) is 26.2 Å². The predicted octanol–water partition coefficient (Wildman–Crippen LogP) is 2.50. The Morgan fingerprint density at radius 2 is 2.16 bits per heavy atom. The molecule has 3 nitrogen and oxygen atoms in total. The van der Waals surface area contributed by atoms with Gasteiger partial charge in [-0.2, -0.15) is 0 Å². The molecule has 1 N–H and O–H groups in total. The molecular weight excluding hydrogens is 311 g/mol. The van der Waals surface area contributed by atoms with Crippen LogP contribution >= 0.6 is 15.9 Å². The van der Waals surface area contributed by atoms with Gasteiger partial charge >= 0.3 is 0 Å². The molecule has 2 saturated heterocycles. The minimum Gasteiger partial charge on any atom is -0.359 e. The molecule has 5 heteroatoms. The molecule has 2 fully saturated rings. The van der Waals surface area contributed by atoms with Crippen LogP contribution in [0.25, 0.3) is 0 Å². The van der Waals surface area contributed by atoms with Crippen LogP contribution < -0.4 is 5.32 Å². The second-order valence-corrected chi connectivity index (χ2v) is 6.20. The highest BCUT2D eigenvalue weighted by atomic mass is 79.9. The third kappa shape index (κ3) is 2.99. The van der Waals surface area contributed by atoms with E-state index < -0.39 is 0 Å². The van der Waals surface area contributed by atoms with Crippen molar-refractivity contribution in [3.63, 3.8) is 0 Å². The first-order chi connectivity index (χ1) is 9.17. The Bertz CT molecular complexity index is 453. The van der Waals surface area contributed by atoms with E-state index in [0.717, 1.165) is 49.1 Å². The third-order valence-corrected chi connectivity index (χ3v) is 4.49. The van der Waals surface area contributed by atoms with E-state index in [0.29, 0.717) is 6.54 Å². The molecule has 2 aliphatic heterocycles. The van der Waals surface area contributed by atoms with E-state index in [4.69, 9.17) is 4.74 Å². The van der Waals surface area contributed by atoms with Gasteiger partial charge in [0, 0.05) is 49.1 Å². The summed E-state index contributed by atoms with van der Waals surface area (Å²) < 4.78 is 20.4. The Labute approximate surface area is 121 Å². The molecule has 0 unspecified atom stereocenters. The molecule has 0 bridgehead atoms. The first-order valence-corrected chi connectivity index (χ1v) is 7.51. The van der Waals surface area contributed by atoms with E-state index >= 15 is 0 Å². The lowest BCUT2D eigenvalue weighted by atomic mass is 10.00. The summed E-state index contributed by atoms with van der Waals surface area (Å²) in [6.07, 6.45) is 1.95. The summed E-state index contributed by atoms with van der Waals surface area (Å²) in [5, 5.41) is 3.45. The number of halogens is 2. The van der Waals surface area contributed by atoms with Gasteiger partial charge in [-0.25, -0.2) is 4.39 Å². The summed E-state index contributed by atoms with van der Waals surface area (Å²) in [5.74, 6) is -0.134. The van der Waals surface area contributed by atoms with Crippen LogP contribution in [-0.4, -0.2) is 36.9 Å². The molecule has 0 aromatic heterocycles. The van der Waals surface area contributed by atoms with Gasteiger partial charge in [0.15, 0.2) is 0 Å². The molecule has 0 atom stereocenters. The van der Waals surface area contributed by atoms with Crippen molar-refractivity contribution >= 4 is 15.9 Å². The Morgan fingerprint density at radius 1 is 1.37 bits per heavy atom. The summed E-state index contributed by atoms with van der Waals surface area (Å²) in [6, 6.07) is 5.28. The SMILES string of the molecule is Fc1cc(Br)ccc1CN1CCC2(CC1)NCCO2. The summed E-state index contributed by atoms with van der Waals surface area (Å²) in [4.78, 5) is 2.29. The normalized spacial score (nSPS) is 23.1. The summed E-state index contributed by atoms with van der Waals surface area (Å²) in [5.41, 5.74) is 0.661.